The molecule has 0 unspecified atom stereocenters. The van der Waals surface area contributed by atoms with Crippen molar-refractivity contribution in [3.63, 3.8) is 0 Å². The smallest absolute Gasteiger partial charge is 0.150 e. The van der Waals surface area contributed by atoms with E-state index in [-0.39, 0.29) is 0 Å². The first-order valence-electron chi connectivity index (χ1n) is 5.09. The SMILES string of the molecule is Cc1cc2c(C)ccc(C)c2cc1C=O. The lowest BCUT2D eigenvalue weighted by atomic mass is 9.96. The van der Waals surface area contributed by atoms with Crippen LogP contribution in [0, 0.1) is 20.8 Å². The van der Waals surface area contributed by atoms with Gasteiger partial charge in [0.15, 0.2) is 0 Å². The first-order valence-corrected chi connectivity index (χ1v) is 5.09. The predicted octanol–water partition coefficient (Wildman–Crippen LogP) is 3.58. The highest BCUT2D eigenvalue weighted by atomic mass is 16.1. The molecule has 76 valence electrons. The van der Waals surface area contributed by atoms with Crippen molar-refractivity contribution in [3.8, 4) is 0 Å². The van der Waals surface area contributed by atoms with Crippen LogP contribution in [0.25, 0.3) is 10.8 Å². The Labute approximate surface area is 89.7 Å². The Hall–Kier alpha value is -1.63. The maximum absolute atomic E-state index is 10.9. The van der Waals surface area contributed by atoms with Crippen molar-refractivity contribution in [2.45, 2.75) is 20.8 Å². The number of hydrogen-bond acceptors (Lipinski definition) is 1. The van der Waals surface area contributed by atoms with Gasteiger partial charge in [-0.2, -0.15) is 0 Å². The zero-order chi connectivity index (χ0) is 11.0. The molecule has 1 heteroatoms. The second-order valence-corrected chi connectivity index (χ2v) is 4.07. The van der Waals surface area contributed by atoms with Crippen molar-refractivity contribution < 1.29 is 4.79 Å². The summed E-state index contributed by atoms with van der Waals surface area (Å²) in [5.41, 5.74) is 4.32. The van der Waals surface area contributed by atoms with Crippen molar-refractivity contribution in [1.29, 1.82) is 0 Å². The second kappa shape index (κ2) is 3.50. The zero-order valence-electron chi connectivity index (χ0n) is 9.29. The van der Waals surface area contributed by atoms with Gasteiger partial charge >= 0.3 is 0 Å². The molecular formula is C14H14O. The van der Waals surface area contributed by atoms with Crippen molar-refractivity contribution >= 4 is 17.1 Å². The molecule has 0 aliphatic heterocycles. The van der Waals surface area contributed by atoms with Crippen LogP contribution in [0.2, 0.25) is 0 Å². The molecule has 0 radical (unpaired) electrons. The Morgan fingerprint density at radius 1 is 0.867 bits per heavy atom. The second-order valence-electron chi connectivity index (χ2n) is 4.07. The monoisotopic (exact) mass is 198 g/mol. The molecule has 0 saturated heterocycles. The van der Waals surface area contributed by atoms with Gasteiger partial charge in [0.25, 0.3) is 0 Å². The summed E-state index contributed by atoms with van der Waals surface area (Å²) in [6, 6.07) is 8.31. The maximum Gasteiger partial charge on any atom is 0.150 e. The minimum Gasteiger partial charge on any atom is -0.298 e. The highest BCUT2D eigenvalue weighted by Gasteiger charge is 2.04. The first kappa shape index (κ1) is 9.91. The molecule has 0 aliphatic carbocycles. The Kier molecular flexibility index (Phi) is 2.31. The average molecular weight is 198 g/mol. The minimum atomic E-state index is 0.788. The molecule has 0 heterocycles. The number of aryl methyl sites for hydroxylation is 3. The van der Waals surface area contributed by atoms with Gasteiger partial charge in [0.2, 0.25) is 0 Å². The summed E-state index contributed by atoms with van der Waals surface area (Å²) in [7, 11) is 0. The molecule has 0 amide bonds. The van der Waals surface area contributed by atoms with Crippen molar-refractivity contribution in [2.75, 3.05) is 0 Å². The summed E-state index contributed by atoms with van der Waals surface area (Å²) in [6.07, 6.45) is 0.927. The Bertz CT molecular complexity index is 539. The van der Waals surface area contributed by atoms with E-state index in [1.54, 1.807) is 0 Å². The number of fused-ring (bicyclic) bond motifs is 1. The molecule has 2 aromatic carbocycles. The van der Waals surface area contributed by atoms with E-state index in [1.165, 1.54) is 21.9 Å². The normalized spacial score (nSPS) is 10.6. The number of benzene rings is 2. The summed E-state index contributed by atoms with van der Waals surface area (Å²) in [4.78, 5) is 10.9. The molecule has 2 aromatic rings. The maximum atomic E-state index is 10.9. The fourth-order valence-corrected chi connectivity index (χ4v) is 1.93. The summed E-state index contributed by atoms with van der Waals surface area (Å²) in [6.45, 7) is 6.15. The summed E-state index contributed by atoms with van der Waals surface area (Å²) in [5.74, 6) is 0. The van der Waals surface area contributed by atoms with Gasteiger partial charge in [-0.25, -0.2) is 0 Å². The Balaban J connectivity index is 2.92. The van der Waals surface area contributed by atoms with Crippen LogP contribution in [-0.2, 0) is 0 Å². The third kappa shape index (κ3) is 1.54. The molecule has 0 N–H and O–H groups in total. The Morgan fingerprint density at radius 2 is 1.40 bits per heavy atom. The molecular weight excluding hydrogens is 184 g/mol. The van der Waals surface area contributed by atoms with E-state index in [9.17, 15) is 4.79 Å². The van der Waals surface area contributed by atoms with Crippen LogP contribution in [0.3, 0.4) is 0 Å². The third-order valence-corrected chi connectivity index (χ3v) is 2.97. The van der Waals surface area contributed by atoms with Gasteiger partial charge in [-0.05, 0) is 54.3 Å². The van der Waals surface area contributed by atoms with Gasteiger partial charge < -0.3 is 0 Å². The van der Waals surface area contributed by atoms with Gasteiger partial charge in [0.05, 0.1) is 0 Å². The zero-order valence-corrected chi connectivity index (χ0v) is 9.29. The van der Waals surface area contributed by atoms with E-state index in [1.807, 2.05) is 13.0 Å². The van der Waals surface area contributed by atoms with Crippen LogP contribution in [0.15, 0.2) is 24.3 Å². The van der Waals surface area contributed by atoms with Gasteiger partial charge in [-0.1, -0.05) is 18.2 Å². The summed E-state index contributed by atoms with van der Waals surface area (Å²) >= 11 is 0. The lowest BCUT2D eigenvalue weighted by molar-refractivity contribution is 0.112. The van der Waals surface area contributed by atoms with E-state index < -0.39 is 0 Å². The molecule has 1 nitrogen and oxygen atoms in total. The summed E-state index contributed by atoms with van der Waals surface area (Å²) in [5, 5.41) is 2.43. The first-order chi connectivity index (χ1) is 7.13. The van der Waals surface area contributed by atoms with E-state index in [0.29, 0.717) is 0 Å². The van der Waals surface area contributed by atoms with Gasteiger partial charge in [-0.3, -0.25) is 4.79 Å². The highest BCUT2D eigenvalue weighted by Crippen LogP contribution is 2.25. The molecule has 2 rings (SSSR count). The fourth-order valence-electron chi connectivity index (χ4n) is 1.93. The van der Waals surface area contributed by atoms with Gasteiger partial charge in [0.1, 0.15) is 6.29 Å². The minimum absolute atomic E-state index is 0.788. The summed E-state index contributed by atoms with van der Waals surface area (Å²) < 4.78 is 0. The molecule has 0 bridgehead atoms. The molecule has 0 saturated carbocycles. The molecule has 0 aliphatic rings. The number of carbonyl (C=O) groups excluding carboxylic acids is 1. The van der Waals surface area contributed by atoms with Crippen LogP contribution in [0.5, 0.6) is 0 Å². The lowest BCUT2D eigenvalue weighted by Gasteiger charge is -2.08. The van der Waals surface area contributed by atoms with Crippen LogP contribution in [0.4, 0.5) is 0 Å². The third-order valence-electron chi connectivity index (χ3n) is 2.97. The van der Waals surface area contributed by atoms with E-state index in [4.69, 9.17) is 0 Å². The average Bonchev–Trinajstić information content (AvgIpc) is 2.23. The quantitative estimate of drug-likeness (QED) is 0.640. The lowest BCUT2D eigenvalue weighted by Crippen LogP contribution is -1.90. The largest absolute Gasteiger partial charge is 0.298 e. The van der Waals surface area contributed by atoms with Crippen molar-refractivity contribution in [2.24, 2.45) is 0 Å². The Morgan fingerprint density at radius 3 is 1.93 bits per heavy atom. The number of carbonyl (C=O) groups is 1. The molecule has 0 atom stereocenters. The number of aldehydes is 1. The van der Waals surface area contributed by atoms with Crippen molar-refractivity contribution in [1.82, 2.24) is 0 Å². The van der Waals surface area contributed by atoms with E-state index >= 15 is 0 Å². The van der Waals surface area contributed by atoms with E-state index in [0.717, 1.165) is 17.4 Å². The van der Waals surface area contributed by atoms with Crippen molar-refractivity contribution in [3.05, 3.63) is 46.5 Å². The van der Waals surface area contributed by atoms with Crippen LogP contribution in [-0.4, -0.2) is 6.29 Å². The van der Waals surface area contributed by atoms with Crippen LogP contribution >= 0.6 is 0 Å². The number of hydrogen-bond donors (Lipinski definition) is 0. The molecule has 0 spiro atoms. The van der Waals surface area contributed by atoms with Crippen LogP contribution in [0.1, 0.15) is 27.0 Å². The molecule has 15 heavy (non-hydrogen) atoms. The van der Waals surface area contributed by atoms with Gasteiger partial charge in [0, 0.05) is 5.56 Å². The number of rotatable bonds is 1. The van der Waals surface area contributed by atoms with Gasteiger partial charge in [-0.15, -0.1) is 0 Å². The fraction of sp³-hybridized carbons (Fsp3) is 0.214. The topological polar surface area (TPSA) is 17.1 Å². The molecule has 0 fully saturated rings. The van der Waals surface area contributed by atoms with Crippen LogP contribution < -0.4 is 0 Å². The molecule has 0 aromatic heterocycles. The predicted molar refractivity (Wildman–Crippen MR) is 63.5 cm³/mol. The standard InChI is InChI=1S/C14H14O/c1-9-4-5-10(2)14-7-12(8-15)11(3)6-13(9)14/h4-8H,1-3H3. The van der Waals surface area contributed by atoms with E-state index in [2.05, 4.69) is 32.0 Å². The highest BCUT2D eigenvalue weighted by molar-refractivity contribution is 5.94.